The summed E-state index contributed by atoms with van der Waals surface area (Å²) in [6, 6.07) is 7.99. The maximum atomic E-state index is 5.76. The van der Waals surface area contributed by atoms with Crippen molar-refractivity contribution in [1.29, 1.82) is 0 Å². The molecule has 1 aromatic heterocycles. The van der Waals surface area contributed by atoms with Crippen LogP contribution in [-0.4, -0.2) is 40.4 Å². The van der Waals surface area contributed by atoms with Gasteiger partial charge in [-0.05, 0) is 25.5 Å². The number of para-hydroxylation sites is 1. The van der Waals surface area contributed by atoms with Crippen LogP contribution in [0.25, 0.3) is 0 Å². The van der Waals surface area contributed by atoms with E-state index in [1.807, 2.05) is 45.2 Å². The van der Waals surface area contributed by atoms with Gasteiger partial charge in [-0.15, -0.1) is 0 Å². The van der Waals surface area contributed by atoms with E-state index in [1.165, 1.54) is 6.33 Å². The lowest BCUT2D eigenvalue weighted by Crippen LogP contribution is -2.39. The summed E-state index contributed by atoms with van der Waals surface area (Å²) in [5.74, 6) is 2.47. The van der Waals surface area contributed by atoms with Gasteiger partial charge in [0.25, 0.3) is 0 Å². The minimum absolute atomic E-state index is 0.477. The third kappa shape index (κ3) is 5.28. The van der Waals surface area contributed by atoms with Crippen LogP contribution >= 0.6 is 0 Å². The number of benzene rings is 1. The van der Waals surface area contributed by atoms with Gasteiger partial charge in [-0.1, -0.05) is 18.2 Å². The zero-order valence-electron chi connectivity index (χ0n) is 13.9. The number of aliphatic imine (C=N–C) groups is 1. The Morgan fingerprint density at radius 2 is 2.13 bits per heavy atom. The van der Waals surface area contributed by atoms with Crippen molar-refractivity contribution in [3.05, 3.63) is 42.0 Å². The number of aromatic nitrogens is 3. The summed E-state index contributed by atoms with van der Waals surface area (Å²) in [5.41, 5.74) is 1.13. The van der Waals surface area contributed by atoms with Gasteiger partial charge in [0.2, 0.25) is 0 Å². The van der Waals surface area contributed by atoms with Crippen molar-refractivity contribution < 1.29 is 4.74 Å². The van der Waals surface area contributed by atoms with Crippen molar-refractivity contribution in [2.24, 2.45) is 12.0 Å². The van der Waals surface area contributed by atoms with Gasteiger partial charge in [0, 0.05) is 13.6 Å². The Morgan fingerprint density at radius 3 is 2.83 bits per heavy atom. The highest BCUT2D eigenvalue weighted by Gasteiger charge is 2.02. The van der Waals surface area contributed by atoms with Gasteiger partial charge in [-0.3, -0.25) is 4.68 Å². The van der Waals surface area contributed by atoms with Crippen molar-refractivity contribution >= 4 is 5.96 Å². The lowest BCUT2D eigenvalue weighted by atomic mass is 10.2. The molecule has 0 fully saturated rings. The fourth-order valence-corrected chi connectivity index (χ4v) is 2.00. The topological polar surface area (TPSA) is 76.4 Å². The second kappa shape index (κ2) is 8.77. The van der Waals surface area contributed by atoms with Gasteiger partial charge in [0.05, 0.1) is 6.54 Å². The molecule has 2 aromatic rings. The zero-order valence-corrected chi connectivity index (χ0v) is 13.9. The highest BCUT2D eigenvalue weighted by molar-refractivity contribution is 5.79. The smallest absolute Gasteiger partial charge is 0.191 e. The van der Waals surface area contributed by atoms with E-state index in [0.29, 0.717) is 19.7 Å². The molecule has 124 valence electrons. The average Bonchev–Trinajstić information content (AvgIpc) is 2.96. The molecule has 0 bridgehead atoms. The molecular formula is C16H24N6O. The van der Waals surface area contributed by atoms with Gasteiger partial charge >= 0.3 is 0 Å². The van der Waals surface area contributed by atoms with Gasteiger partial charge in [0.1, 0.15) is 31.1 Å². The van der Waals surface area contributed by atoms with Crippen LogP contribution < -0.4 is 15.4 Å². The minimum Gasteiger partial charge on any atom is -0.491 e. The Morgan fingerprint density at radius 1 is 1.30 bits per heavy atom. The molecule has 0 aliphatic heterocycles. The molecule has 0 saturated heterocycles. The van der Waals surface area contributed by atoms with E-state index >= 15 is 0 Å². The van der Waals surface area contributed by atoms with E-state index in [9.17, 15) is 0 Å². The first-order valence-corrected chi connectivity index (χ1v) is 7.74. The fourth-order valence-electron chi connectivity index (χ4n) is 2.00. The number of hydrogen-bond donors (Lipinski definition) is 2. The molecular weight excluding hydrogens is 292 g/mol. The Kier molecular flexibility index (Phi) is 6.40. The number of hydrogen-bond acceptors (Lipinski definition) is 4. The number of rotatable bonds is 7. The zero-order chi connectivity index (χ0) is 16.5. The van der Waals surface area contributed by atoms with Crippen molar-refractivity contribution in [3.63, 3.8) is 0 Å². The molecule has 2 rings (SSSR count). The first kappa shape index (κ1) is 16.8. The first-order valence-electron chi connectivity index (χ1n) is 7.74. The third-order valence-corrected chi connectivity index (χ3v) is 3.27. The molecule has 7 nitrogen and oxygen atoms in total. The number of aryl methyl sites for hydroxylation is 2. The van der Waals surface area contributed by atoms with Gasteiger partial charge in [0.15, 0.2) is 5.96 Å². The van der Waals surface area contributed by atoms with Crippen LogP contribution in [0.5, 0.6) is 5.75 Å². The SMILES string of the molecule is CCNC(=NCc1ncnn1C)NCCOc1ccccc1C. The molecule has 23 heavy (non-hydrogen) atoms. The largest absolute Gasteiger partial charge is 0.491 e. The molecule has 0 radical (unpaired) electrons. The van der Waals surface area contributed by atoms with Crippen LogP contribution in [-0.2, 0) is 13.6 Å². The second-order valence-corrected chi connectivity index (χ2v) is 5.04. The summed E-state index contributed by atoms with van der Waals surface area (Å²) in [5, 5.41) is 10.5. The Balaban J connectivity index is 1.80. The molecule has 0 aliphatic carbocycles. The van der Waals surface area contributed by atoms with E-state index in [-0.39, 0.29) is 0 Å². The molecule has 0 spiro atoms. The summed E-state index contributed by atoms with van der Waals surface area (Å²) >= 11 is 0. The van der Waals surface area contributed by atoms with Crippen LogP contribution in [0, 0.1) is 6.92 Å². The standard InChI is InChI=1S/C16H24N6O/c1-4-17-16(19-11-15-20-12-21-22(15)3)18-9-10-23-14-8-6-5-7-13(14)2/h5-8,12H,4,9-11H2,1-3H3,(H2,17,18,19). The lowest BCUT2D eigenvalue weighted by molar-refractivity contribution is 0.320. The van der Waals surface area contributed by atoms with Crippen LogP contribution in [0.15, 0.2) is 35.6 Å². The van der Waals surface area contributed by atoms with Gasteiger partial charge in [-0.2, -0.15) is 5.10 Å². The van der Waals surface area contributed by atoms with Crippen LogP contribution in [0.1, 0.15) is 18.3 Å². The number of ether oxygens (including phenoxy) is 1. The lowest BCUT2D eigenvalue weighted by Gasteiger charge is -2.12. The summed E-state index contributed by atoms with van der Waals surface area (Å²) < 4.78 is 7.48. The predicted molar refractivity (Wildman–Crippen MR) is 90.5 cm³/mol. The molecule has 0 saturated carbocycles. The Hall–Kier alpha value is -2.57. The number of nitrogens with zero attached hydrogens (tertiary/aromatic N) is 4. The summed E-state index contributed by atoms with van der Waals surface area (Å²) in [7, 11) is 1.86. The quantitative estimate of drug-likeness (QED) is 0.457. The summed E-state index contributed by atoms with van der Waals surface area (Å²) in [4.78, 5) is 8.65. The van der Waals surface area contributed by atoms with Crippen LogP contribution in [0.4, 0.5) is 0 Å². The number of nitrogens with one attached hydrogen (secondary N) is 2. The predicted octanol–water partition coefficient (Wildman–Crippen LogP) is 1.26. The second-order valence-electron chi connectivity index (χ2n) is 5.04. The first-order chi connectivity index (χ1) is 11.2. The Labute approximate surface area is 136 Å². The highest BCUT2D eigenvalue weighted by atomic mass is 16.5. The van der Waals surface area contributed by atoms with Crippen molar-refractivity contribution in [2.75, 3.05) is 19.7 Å². The third-order valence-electron chi connectivity index (χ3n) is 3.27. The van der Waals surface area contributed by atoms with Crippen LogP contribution in [0.3, 0.4) is 0 Å². The maximum Gasteiger partial charge on any atom is 0.191 e. The fraction of sp³-hybridized carbons (Fsp3) is 0.438. The monoisotopic (exact) mass is 316 g/mol. The maximum absolute atomic E-state index is 5.76. The molecule has 0 atom stereocenters. The molecule has 0 aliphatic rings. The highest BCUT2D eigenvalue weighted by Crippen LogP contribution is 2.15. The molecule has 2 N–H and O–H groups in total. The average molecular weight is 316 g/mol. The van der Waals surface area contributed by atoms with E-state index in [1.54, 1.807) is 4.68 Å². The number of guanidine groups is 1. The van der Waals surface area contributed by atoms with Crippen LogP contribution in [0.2, 0.25) is 0 Å². The Bertz CT molecular complexity index is 637. The van der Waals surface area contributed by atoms with Gasteiger partial charge < -0.3 is 15.4 Å². The summed E-state index contributed by atoms with van der Waals surface area (Å²) in [6.45, 7) is 6.57. The normalized spacial score (nSPS) is 11.3. The van der Waals surface area contributed by atoms with Crippen molar-refractivity contribution in [2.45, 2.75) is 20.4 Å². The van der Waals surface area contributed by atoms with Crippen molar-refractivity contribution in [1.82, 2.24) is 25.4 Å². The molecule has 1 heterocycles. The van der Waals surface area contributed by atoms with E-state index in [4.69, 9.17) is 4.74 Å². The molecule has 7 heteroatoms. The van der Waals surface area contributed by atoms with Crippen molar-refractivity contribution in [3.8, 4) is 5.75 Å². The summed E-state index contributed by atoms with van der Waals surface area (Å²) in [6.07, 6.45) is 1.53. The molecule has 0 amide bonds. The minimum atomic E-state index is 0.477. The van der Waals surface area contributed by atoms with E-state index in [2.05, 4.69) is 25.7 Å². The van der Waals surface area contributed by atoms with E-state index in [0.717, 1.165) is 29.6 Å². The molecule has 0 unspecified atom stereocenters. The molecule has 1 aromatic carbocycles. The van der Waals surface area contributed by atoms with Gasteiger partial charge in [-0.25, -0.2) is 9.98 Å². The van der Waals surface area contributed by atoms with E-state index < -0.39 is 0 Å².